The van der Waals surface area contributed by atoms with E-state index in [0.29, 0.717) is 16.5 Å². The summed E-state index contributed by atoms with van der Waals surface area (Å²) in [6.45, 7) is 2.10. The Hall–Kier alpha value is -1.23. The number of aromatic carboxylic acids is 1. The van der Waals surface area contributed by atoms with Gasteiger partial charge in [-0.3, -0.25) is 0 Å². The highest BCUT2D eigenvalue weighted by Gasteiger charge is 2.37. The quantitative estimate of drug-likeness (QED) is 0.762. The number of nitrogen functional groups attached to an aromatic ring is 1. The van der Waals surface area contributed by atoms with Crippen LogP contribution in [0, 0.1) is 0 Å². The molecule has 0 unspecified atom stereocenters. The maximum atomic E-state index is 11.1. The van der Waals surface area contributed by atoms with Crippen molar-refractivity contribution in [1.29, 1.82) is 0 Å². The minimum atomic E-state index is -0.876. The van der Waals surface area contributed by atoms with E-state index in [9.17, 15) is 4.79 Å². The second kappa shape index (κ2) is 2.88. The summed E-state index contributed by atoms with van der Waals surface area (Å²) in [6.07, 6.45) is 2.15. The molecule has 3 aliphatic heterocycles. The smallest absolute Gasteiger partial charge is 0.339 e. The van der Waals surface area contributed by atoms with E-state index in [-0.39, 0.29) is 0 Å². The van der Waals surface area contributed by atoms with Crippen molar-refractivity contribution in [2.45, 2.75) is 18.8 Å². The Morgan fingerprint density at radius 3 is 2.73 bits per heavy atom. The molecule has 1 aromatic rings. The number of anilines is 2. The van der Waals surface area contributed by atoms with E-state index in [4.69, 9.17) is 10.8 Å². The summed E-state index contributed by atoms with van der Waals surface area (Å²) in [7, 11) is 0. The van der Waals surface area contributed by atoms with Crippen molar-refractivity contribution in [2.75, 3.05) is 23.7 Å². The third-order valence-electron chi connectivity index (χ3n) is 3.36. The largest absolute Gasteiger partial charge is 0.478 e. The number of nitrogens with two attached hydrogens (primary N) is 1. The predicted octanol–water partition coefficient (Wildman–Crippen LogP) is 1.73. The number of hydrogen-bond donors (Lipinski definition) is 2. The Kier molecular flexibility index (Phi) is 1.74. The van der Waals surface area contributed by atoms with Crippen molar-refractivity contribution in [3.05, 3.63) is 11.1 Å². The van der Waals surface area contributed by atoms with E-state index >= 15 is 0 Å². The number of carbonyl (C=O) groups is 1. The van der Waals surface area contributed by atoms with Gasteiger partial charge >= 0.3 is 5.97 Å². The summed E-state index contributed by atoms with van der Waals surface area (Å²) >= 11 is 1.43. The maximum absolute atomic E-state index is 11.1. The van der Waals surface area contributed by atoms with Crippen LogP contribution in [0.4, 0.5) is 10.0 Å². The Morgan fingerprint density at radius 1 is 1.47 bits per heavy atom. The third kappa shape index (κ3) is 1.10. The molecule has 4 rings (SSSR count). The number of fused-ring (bicyclic) bond motifs is 2. The van der Waals surface area contributed by atoms with Crippen LogP contribution in [0.15, 0.2) is 0 Å². The van der Waals surface area contributed by atoms with Gasteiger partial charge in [0.1, 0.15) is 5.00 Å². The van der Waals surface area contributed by atoms with Gasteiger partial charge in [0.25, 0.3) is 0 Å². The summed E-state index contributed by atoms with van der Waals surface area (Å²) in [5, 5.41) is 10.7. The molecular weight excluding hydrogens is 212 g/mol. The number of thiophene rings is 1. The Labute approximate surface area is 91.3 Å². The fraction of sp³-hybridized carbons (Fsp3) is 0.500. The number of rotatable bonds is 1. The molecule has 80 valence electrons. The van der Waals surface area contributed by atoms with E-state index in [2.05, 4.69) is 4.90 Å². The van der Waals surface area contributed by atoms with Gasteiger partial charge < -0.3 is 15.7 Å². The number of carboxylic acids is 1. The maximum Gasteiger partial charge on any atom is 0.339 e. The number of piperidine rings is 1. The molecule has 5 heteroatoms. The molecule has 4 nitrogen and oxygen atoms in total. The molecule has 0 saturated carbocycles. The second-order valence-corrected chi connectivity index (χ2v) is 5.16. The van der Waals surface area contributed by atoms with Gasteiger partial charge in [-0.1, -0.05) is 0 Å². The molecule has 1 saturated heterocycles. The van der Waals surface area contributed by atoms with Crippen LogP contribution in [0.2, 0.25) is 0 Å². The number of carboxylic acid groups (broad SMARTS) is 1. The second-order valence-electron chi connectivity index (χ2n) is 4.13. The van der Waals surface area contributed by atoms with Gasteiger partial charge in [0.15, 0.2) is 0 Å². The first-order chi connectivity index (χ1) is 7.18. The van der Waals surface area contributed by atoms with Crippen LogP contribution in [0.1, 0.15) is 34.7 Å². The lowest BCUT2D eigenvalue weighted by Gasteiger charge is -2.40. The van der Waals surface area contributed by atoms with Crippen molar-refractivity contribution < 1.29 is 9.90 Å². The van der Waals surface area contributed by atoms with Crippen molar-refractivity contribution in [1.82, 2.24) is 0 Å². The summed E-state index contributed by atoms with van der Waals surface area (Å²) in [5.41, 5.74) is 7.15. The van der Waals surface area contributed by atoms with Gasteiger partial charge in [-0.05, 0) is 18.8 Å². The van der Waals surface area contributed by atoms with Crippen LogP contribution in [0.5, 0.6) is 0 Å². The summed E-state index contributed by atoms with van der Waals surface area (Å²) in [4.78, 5) is 13.4. The Morgan fingerprint density at radius 2 is 2.13 bits per heavy atom. The molecule has 0 atom stereocenters. The number of hydrogen-bond acceptors (Lipinski definition) is 4. The zero-order chi connectivity index (χ0) is 10.6. The van der Waals surface area contributed by atoms with Gasteiger partial charge in [-0.15, -0.1) is 11.3 Å². The molecule has 1 aromatic heterocycles. The molecule has 1 fully saturated rings. The van der Waals surface area contributed by atoms with Crippen molar-refractivity contribution in [2.24, 2.45) is 0 Å². The third-order valence-corrected chi connectivity index (χ3v) is 4.45. The monoisotopic (exact) mass is 224 g/mol. The van der Waals surface area contributed by atoms with E-state index in [1.807, 2.05) is 0 Å². The van der Waals surface area contributed by atoms with Crippen molar-refractivity contribution in [3.8, 4) is 0 Å². The van der Waals surface area contributed by atoms with Crippen LogP contribution in [0.3, 0.4) is 0 Å². The normalized spacial score (nSPS) is 19.3. The molecule has 0 spiro atoms. The molecule has 0 aliphatic carbocycles. The molecule has 4 heterocycles. The zero-order valence-corrected chi connectivity index (χ0v) is 9.01. The van der Waals surface area contributed by atoms with Gasteiger partial charge in [-0.2, -0.15) is 0 Å². The first-order valence-corrected chi connectivity index (χ1v) is 5.90. The van der Waals surface area contributed by atoms with Crippen LogP contribution < -0.4 is 10.6 Å². The van der Waals surface area contributed by atoms with Crippen LogP contribution in [-0.4, -0.2) is 24.2 Å². The molecule has 0 radical (unpaired) electrons. The molecule has 0 aromatic carbocycles. The fourth-order valence-electron chi connectivity index (χ4n) is 2.66. The van der Waals surface area contributed by atoms with Gasteiger partial charge in [0, 0.05) is 18.7 Å². The van der Waals surface area contributed by atoms with Gasteiger partial charge in [0.05, 0.1) is 10.6 Å². The average molecular weight is 224 g/mol. The molecular formula is C10H12N2O2S. The Balaban J connectivity index is 2.23. The zero-order valence-electron chi connectivity index (χ0n) is 8.19. The van der Waals surface area contributed by atoms with E-state index in [1.54, 1.807) is 0 Å². The Bertz CT molecular complexity index is 433. The summed E-state index contributed by atoms with van der Waals surface area (Å²) < 4.78 is 0. The highest BCUT2D eigenvalue weighted by molar-refractivity contribution is 7.20. The first kappa shape index (κ1) is 9.03. The molecule has 3 aliphatic rings. The van der Waals surface area contributed by atoms with E-state index < -0.39 is 5.97 Å². The molecule has 15 heavy (non-hydrogen) atoms. The molecule has 0 amide bonds. The van der Waals surface area contributed by atoms with Crippen molar-refractivity contribution in [3.63, 3.8) is 0 Å². The summed E-state index contributed by atoms with van der Waals surface area (Å²) in [5.74, 6) is -0.455. The number of nitrogens with zero attached hydrogens (tertiary/aromatic N) is 1. The van der Waals surface area contributed by atoms with Crippen LogP contribution in [-0.2, 0) is 0 Å². The van der Waals surface area contributed by atoms with Gasteiger partial charge in [0.2, 0.25) is 0 Å². The molecule has 2 bridgehead atoms. The lowest BCUT2D eigenvalue weighted by Crippen LogP contribution is -2.38. The average Bonchev–Trinajstić information content (AvgIpc) is 2.58. The van der Waals surface area contributed by atoms with Crippen molar-refractivity contribution >= 4 is 27.3 Å². The fourth-order valence-corrected chi connectivity index (χ4v) is 3.85. The summed E-state index contributed by atoms with van der Waals surface area (Å²) in [6, 6.07) is 0. The van der Waals surface area contributed by atoms with Crippen LogP contribution in [0.25, 0.3) is 0 Å². The SMILES string of the molecule is Nc1sc2c(c1C(=O)O)C1CCN2CC1. The molecule has 3 N–H and O–H groups in total. The highest BCUT2D eigenvalue weighted by atomic mass is 32.1. The van der Waals surface area contributed by atoms with E-state index in [1.165, 1.54) is 11.3 Å². The van der Waals surface area contributed by atoms with Gasteiger partial charge in [-0.25, -0.2) is 4.79 Å². The minimum absolute atomic E-state index is 0.365. The lowest BCUT2D eigenvalue weighted by atomic mass is 9.84. The van der Waals surface area contributed by atoms with Crippen LogP contribution >= 0.6 is 11.3 Å². The van der Waals surface area contributed by atoms with E-state index in [0.717, 1.165) is 36.5 Å². The lowest BCUT2D eigenvalue weighted by molar-refractivity contribution is 0.0696. The highest BCUT2D eigenvalue weighted by Crippen LogP contribution is 2.50. The predicted molar refractivity (Wildman–Crippen MR) is 59.9 cm³/mol. The topological polar surface area (TPSA) is 66.6 Å². The first-order valence-electron chi connectivity index (χ1n) is 5.09. The minimum Gasteiger partial charge on any atom is -0.478 e. The standard InChI is InChI=1S/C10H12N2O2S/c11-8-7(10(13)14)6-5-1-3-12(4-2-5)9(6)15-8/h5H,1-4,11H2,(H,13,14).